The maximum atomic E-state index is 13.7. The van der Waals surface area contributed by atoms with Gasteiger partial charge in [0.1, 0.15) is 6.10 Å². The Balaban J connectivity index is 1.94. The number of benzene rings is 1. The Morgan fingerprint density at radius 1 is 0.810 bits per heavy atom. The molecule has 6 nitrogen and oxygen atoms in total. The summed E-state index contributed by atoms with van der Waals surface area (Å²) >= 11 is 0. The van der Waals surface area contributed by atoms with E-state index >= 15 is 0 Å². The van der Waals surface area contributed by atoms with Gasteiger partial charge in [0.15, 0.2) is 5.79 Å². The van der Waals surface area contributed by atoms with Gasteiger partial charge in [-0.15, -0.1) is 0 Å². The number of rotatable bonds is 24. The fraction of sp³-hybridized carbons (Fsp3) is 0.829. The summed E-state index contributed by atoms with van der Waals surface area (Å²) in [7, 11) is -3.26. The maximum absolute atomic E-state index is 13.7. The molecule has 0 aliphatic carbocycles. The molecule has 244 valence electrons. The summed E-state index contributed by atoms with van der Waals surface area (Å²) in [4.78, 5) is 0. The first-order valence-corrected chi connectivity index (χ1v) is 18.8. The topological polar surface area (TPSA) is 66.0 Å². The summed E-state index contributed by atoms with van der Waals surface area (Å²) in [5.74, 6) is -0.647. The van der Waals surface area contributed by atoms with E-state index in [2.05, 4.69) is 36.5 Å². The van der Waals surface area contributed by atoms with Gasteiger partial charge in [0.25, 0.3) is 0 Å². The van der Waals surface area contributed by atoms with Crippen molar-refractivity contribution in [1.82, 2.24) is 5.32 Å². The quantitative estimate of drug-likeness (QED) is 0.0929. The summed E-state index contributed by atoms with van der Waals surface area (Å²) in [6.45, 7) is 14.6. The molecule has 1 aromatic carbocycles. The van der Waals surface area contributed by atoms with Gasteiger partial charge in [-0.25, -0.2) is 0 Å². The van der Waals surface area contributed by atoms with Gasteiger partial charge in [0.2, 0.25) is 0 Å². The summed E-state index contributed by atoms with van der Waals surface area (Å²) in [5.41, 5.74) is 1.21. The third-order valence-electron chi connectivity index (χ3n) is 7.83. The van der Waals surface area contributed by atoms with Crippen molar-refractivity contribution < 1.29 is 23.1 Å². The minimum Gasteiger partial charge on any atom is -0.345 e. The summed E-state index contributed by atoms with van der Waals surface area (Å²) in [6, 6.07) is 10.3. The van der Waals surface area contributed by atoms with E-state index in [-0.39, 0.29) is 30.5 Å². The molecule has 1 aliphatic heterocycles. The lowest BCUT2D eigenvalue weighted by atomic mass is 9.97. The molecule has 3 atom stereocenters. The van der Waals surface area contributed by atoms with Crippen LogP contribution in [0.4, 0.5) is 0 Å². The normalized spacial score (nSPS) is 19.6. The van der Waals surface area contributed by atoms with Crippen LogP contribution in [0.1, 0.15) is 144 Å². The standard InChI is InChI=1S/C35H64NO5P/c1-8-9-10-11-12-13-14-15-16-17-18-22-25-33-34(39-35(6,7)38-33)32(36-28-31-23-20-19-21-24-31)26-27-42(37,40-29(2)3)41-30(4)5/h19-21,23-24,29-30,32-34,36H,8-18,22,25-28H2,1-7H3/t32-,33+,34-/m0/s1. The monoisotopic (exact) mass is 609 g/mol. The van der Waals surface area contributed by atoms with E-state index in [1.807, 2.05) is 47.6 Å². The minimum absolute atomic E-state index is 0.00665. The highest BCUT2D eigenvalue weighted by molar-refractivity contribution is 7.53. The molecule has 0 spiro atoms. The van der Waals surface area contributed by atoms with Crippen molar-refractivity contribution >= 4 is 7.60 Å². The number of unbranched alkanes of at least 4 members (excludes halogenated alkanes) is 11. The second-order valence-corrected chi connectivity index (χ2v) is 15.3. The second-order valence-electron chi connectivity index (χ2n) is 13.2. The Labute approximate surface area is 258 Å². The van der Waals surface area contributed by atoms with Crippen molar-refractivity contribution in [2.45, 2.75) is 181 Å². The van der Waals surface area contributed by atoms with Crippen LogP contribution >= 0.6 is 7.60 Å². The minimum atomic E-state index is -3.26. The van der Waals surface area contributed by atoms with Crippen molar-refractivity contribution in [1.29, 1.82) is 0 Å². The van der Waals surface area contributed by atoms with Crippen LogP contribution in [-0.2, 0) is 29.6 Å². The van der Waals surface area contributed by atoms with E-state index in [4.69, 9.17) is 18.5 Å². The fourth-order valence-electron chi connectivity index (χ4n) is 5.91. The Kier molecular flexibility index (Phi) is 18.1. The van der Waals surface area contributed by atoms with Crippen molar-refractivity contribution in [3.63, 3.8) is 0 Å². The molecule has 1 saturated heterocycles. The highest BCUT2D eigenvalue weighted by atomic mass is 31.2. The Hall–Kier alpha value is -0.750. The molecule has 0 saturated carbocycles. The van der Waals surface area contributed by atoms with Crippen molar-refractivity contribution in [2.24, 2.45) is 0 Å². The first-order chi connectivity index (χ1) is 20.0. The van der Waals surface area contributed by atoms with Crippen molar-refractivity contribution in [3.8, 4) is 0 Å². The number of ether oxygens (including phenoxy) is 2. The highest BCUT2D eigenvalue weighted by Crippen LogP contribution is 2.51. The van der Waals surface area contributed by atoms with Crippen LogP contribution in [0.25, 0.3) is 0 Å². The predicted molar refractivity (Wildman–Crippen MR) is 176 cm³/mol. The summed E-state index contributed by atoms with van der Waals surface area (Å²) < 4.78 is 38.4. The van der Waals surface area contributed by atoms with E-state index in [0.717, 1.165) is 12.8 Å². The van der Waals surface area contributed by atoms with Crippen LogP contribution in [0, 0.1) is 0 Å². The van der Waals surface area contributed by atoms with Gasteiger partial charge < -0.3 is 23.8 Å². The number of nitrogens with one attached hydrogen (secondary N) is 1. The molecule has 0 aromatic heterocycles. The molecular formula is C35H64NO5P. The van der Waals surface area contributed by atoms with Crippen LogP contribution in [-0.4, -0.2) is 42.4 Å². The van der Waals surface area contributed by atoms with Gasteiger partial charge in [-0.3, -0.25) is 4.57 Å². The average Bonchev–Trinajstić information content (AvgIpc) is 3.22. The van der Waals surface area contributed by atoms with Crippen molar-refractivity contribution in [3.05, 3.63) is 35.9 Å². The Morgan fingerprint density at radius 3 is 1.86 bits per heavy atom. The lowest BCUT2D eigenvalue weighted by molar-refractivity contribution is -0.149. The smallest absolute Gasteiger partial charge is 0.331 e. The molecular weight excluding hydrogens is 545 g/mol. The first-order valence-electron chi connectivity index (χ1n) is 17.1. The van der Waals surface area contributed by atoms with Gasteiger partial charge in [-0.1, -0.05) is 114 Å². The predicted octanol–water partition coefficient (Wildman–Crippen LogP) is 10.2. The van der Waals surface area contributed by atoms with Crippen molar-refractivity contribution in [2.75, 3.05) is 6.16 Å². The van der Waals surface area contributed by atoms with Gasteiger partial charge in [0, 0.05) is 12.6 Å². The summed E-state index contributed by atoms with van der Waals surface area (Å²) in [6.07, 6.45) is 17.5. The molecule has 1 heterocycles. The van der Waals surface area contributed by atoms with Gasteiger partial charge in [-0.05, 0) is 59.9 Å². The number of hydrogen-bond donors (Lipinski definition) is 1. The number of hydrogen-bond acceptors (Lipinski definition) is 6. The zero-order chi connectivity index (χ0) is 30.8. The van der Waals surface area contributed by atoms with E-state index < -0.39 is 13.4 Å². The lowest BCUT2D eigenvalue weighted by Gasteiger charge is -2.30. The third-order valence-corrected chi connectivity index (χ3v) is 10.1. The van der Waals surface area contributed by atoms with Crippen LogP contribution in [0.3, 0.4) is 0 Å². The molecule has 0 radical (unpaired) electrons. The molecule has 2 rings (SSSR count). The molecule has 0 unspecified atom stereocenters. The van der Waals surface area contributed by atoms with Gasteiger partial charge in [-0.2, -0.15) is 0 Å². The van der Waals surface area contributed by atoms with E-state index in [9.17, 15) is 4.57 Å². The third kappa shape index (κ3) is 15.8. The van der Waals surface area contributed by atoms with Gasteiger partial charge in [0.05, 0.1) is 24.5 Å². The van der Waals surface area contributed by atoms with Gasteiger partial charge >= 0.3 is 7.60 Å². The van der Waals surface area contributed by atoms with Crippen LogP contribution < -0.4 is 5.32 Å². The van der Waals surface area contributed by atoms with Crippen LogP contribution in [0.2, 0.25) is 0 Å². The second kappa shape index (κ2) is 20.3. The molecule has 1 fully saturated rings. The molecule has 42 heavy (non-hydrogen) atoms. The first kappa shape index (κ1) is 37.4. The Morgan fingerprint density at radius 2 is 1.33 bits per heavy atom. The highest BCUT2D eigenvalue weighted by Gasteiger charge is 2.45. The maximum Gasteiger partial charge on any atom is 0.331 e. The zero-order valence-electron chi connectivity index (χ0n) is 28.1. The summed E-state index contributed by atoms with van der Waals surface area (Å²) in [5, 5.41) is 3.73. The van der Waals surface area contributed by atoms with E-state index in [1.54, 1.807) is 0 Å². The SMILES string of the molecule is CCCCCCCCCCCCCC[C@H]1OC(C)(C)O[C@H]1[C@H](CCP(=O)(OC(C)C)OC(C)C)NCc1ccccc1. The van der Waals surface area contributed by atoms with E-state index in [0.29, 0.717) is 19.1 Å². The molecule has 0 amide bonds. The molecule has 7 heteroatoms. The largest absolute Gasteiger partial charge is 0.345 e. The molecule has 1 aliphatic rings. The lowest BCUT2D eigenvalue weighted by Crippen LogP contribution is -2.45. The Bertz CT molecular complexity index is 848. The zero-order valence-corrected chi connectivity index (χ0v) is 29.0. The van der Waals surface area contributed by atoms with Crippen LogP contribution in [0.15, 0.2) is 30.3 Å². The van der Waals surface area contributed by atoms with Crippen LogP contribution in [0.5, 0.6) is 0 Å². The molecule has 1 N–H and O–H groups in total. The average molecular weight is 610 g/mol. The fourth-order valence-corrected chi connectivity index (χ4v) is 8.05. The molecule has 1 aromatic rings. The molecule has 0 bridgehead atoms. The van der Waals surface area contributed by atoms with E-state index in [1.165, 1.54) is 76.2 Å².